The lowest BCUT2D eigenvalue weighted by atomic mass is 10.0. The van der Waals surface area contributed by atoms with Crippen LogP contribution in [0, 0.1) is 0 Å². The number of anilines is 2. The molecular formula is C18H19N3O. The van der Waals surface area contributed by atoms with E-state index in [0.717, 1.165) is 30.8 Å². The van der Waals surface area contributed by atoms with Crippen LogP contribution in [0.15, 0.2) is 55.3 Å². The number of hydrogen-bond donors (Lipinski definition) is 1. The molecule has 4 nitrogen and oxygen atoms in total. The Kier molecular flexibility index (Phi) is 4.19. The van der Waals surface area contributed by atoms with E-state index >= 15 is 0 Å². The highest BCUT2D eigenvalue weighted by Crippen LogP contribution is 2.28. The second kappa shape index (κ2) is 6.43. The Balaban J connectivity index is 1.87. The van der Waals surface area contributed by atoms with Crippen molar-refractivity contribution in [2.75, 3.05) is 23.3 Å². The topological polar surface area (TPSA) is 45.2 Å². The van der Waals surface area contributed by atoms with Crippen molar-refractivity contribution in [3.05, 3.63) is 66.5 Å². The van der Waals surface area contributed by atoms with E-state index in [1.807, 2.05) is 29.2 Å². The third-order valence-corrected chi connectivity index (χ3v) is 3.78. The molecule has 22 heavy (non-hydrogen) atoms. The van der Waals surface area contributed by atoms with Gasteiger partial charge in [-0.2, -0.15) is 0 Å². The highest BCUT2D eigenvalue weighted by atomic mass is 16.2. The Morgan fingerprint density at radius 2 is 2.23 bits per heavy atom. The van der Waals surface area contributed by atoms with Gasteiger partial charge in [0.25, 0.3) is 5.91 Å². The number of pyridine rings is 1. The zero-order valence-corrected chi connectivity index (χ0v) is 12.5. The molecule has 1 amide bonds. The monoisotopic (exact) mass is 293 g/mol. The van der Waals surface area contributed by atoms with E-state index in [1.54, 1.807) is 18.3 Å². The van der Waals surface area contributed by atoms with Crippen LogP contribution >= 0.6 is 0 Å². The molecule has 0 saturated heterocycles. The highest BCUT2D eigenvalue weighted by molar-refractivity contribution is 6.05. The Hall–Kier alpha value is -2.62. The van der Waals surface area contributed by atoms with Crippen LogP contribution in [0.25, 0.3) is 0 Å². The maximum absolute atomic E-state index is 12.8. The first-order valence-corrected chi connectivity index (χ1v) is 7.50. The van der Waals surface area contributed by atoms with Crippen molar-refractivity contribution in [1.29, 1.82) is 0 Å². The summed E-state index contributed by atoms with van der Waals surface area (Å²) in [5.74, 6) is -0.0468. The summed E-state index contributed by atoms with van der Waals surface area (Å²) in [6, 6.07) is 11.7. The van der Waals surface area contributed by atoms with E-state index in [4.69, 9.17) is 0 Å². The Bertz CT molecular complexity index is 696. The van der Waals surface area contributed by atoms with Crippen LogP contribution in [0.1, 0.15) is 22.5 Å². The lowest BCUT2D eigenvalue weighted by Crippen LogP contribution is -2.35. The van der Waals surface area contributed by atoms with Gasteiger partial charge in [0.05, 0.1) is 0 Å². The summed E-state index contributed by atoms with van der Waals surface area (Å²) in [5.41, 5.74) is 3.57. The van der Waals surface area contributed by atoms with Crippen molar-refractivity contribution in [2.45, 2.75) is 12.8 Å². The van der Waals surface area contributed by atoms with E-state index < -0.39 is 0 Å². The predicted molar refractivity (Wildman–Crippen MR) is 89.4 cm³/mol. The van der Waals surface area contributed by atoms with Crippen LogP contribution in [0.3, 0.4) is 0 Å². The summed E-state index contributed by atoms with van der Waals surface area (Å²) in [4.78, 5) is 18.9. The number of amides is 1. The summed E-state index contributed by atoms with van der Waals surface area (Å²) < 4.78 is 0. The molecule has 1 aromatic heterocycles. The maximum atomic E-state index is 12.8. The number of benzene rings is 1. The number of nitrogens with one attached hydrogen (secondary N) is 1. The number of aromatic nitrogens is 1. The van der Waals surface area contributed by atoms with Gasteiger partial charge in [-0.1, -0.05) is 24.3 Å². The minimum Gasteiger partial charge on any atom is -0.381 e. The van der Waals surface area contributed by atoms with Crippen LogP contribution in [0.2, 0.25) is 0 Å². The molecule has 0 atom stereocenters. The molecule has 1 aromatic carbocycles. The fourth-order valence-electron chi connectivity index (χ4n) is 2.73. The molecule has 0 saturated carbocycles. The zero-order valence-electron chi connectivity index (χ0n) is 12.5. The van der Waals surface area contributed by atoms with Crippen LogP contribution in [-0.2, 0) is 6.42 Å². The Morgan fingerprint density at radius 1 is 1.36 bits per heavy atom. The van der Waals surface area contributed by atoms with Crippen LogP contribution in [0.5, 0.6) is 0 Å². The molecule has 1 aliphatic heterocycles. The van der Waals surface area contributed by atoms with Gasteiger partial charge in [-0.05, 0) is 36.6 Å². The molecule has 0 fully saturated rings. The number of fused-ring (bicyclic) bond motifs is 1. The number of carbonyl (C=O) groups excluding carboxylic acids is 1. The van der Waals surface area contributed by atoms with E-state index in [2.05, 4.69) is 22.9 Å². The average molecular weight is 293 g/mol. The molecule has 1 aliphatic rings. The number of hydrogen-bond acceptors (Lipinski definition) is 3. The Morgan fingerprint density at radius 3 is 3.09 bits per heavy atom. The minimum absolute atomic E-state index is 0.0468. The van der Waals surface area contributed by atoms with Crippen molar-refractivity contribution in [1.82, 2.24) is 4.98 Å². The number of aryl methyl sites for hydroxylation is 1. The van der Waals surface area contributed by atoms with Gasteiger partial charge in [0.15, 0.2) is 0 Å². The van der Waals surface area contributed by atoms with Gasteiger partial charge in [0.1, 0.15) is 5.69 Å². The van der Waals surface area contributed by atoms with E-state index in [9.17, 15) is 4.79 Å². The van der Waals surface area contributed by atoms with Crippen molar-refractivity contribution < 1.29 is 4.79 Å². The first kappa shape index (κ1) is 14.3. The van der Waals surface area contributed by atoms with Gasteiger partial charge in [-0.25, -0.2) is 0 Å². The molecule has 2 heterocycles. The average Bonchev–Trinajstić information content (AvgIpc) is 2.59. The van der Waals surface area contributed by atoms with Gasteiger partial charge in [0, 0.05) is 30.7 Å². The summed E-state index contributed by atoms with van der Waals surface area (Å²) in [7, 11) is 0. The molecule has 112 valence electrons. The number of carbonyl (C=O) groups is 1. The number of rotatable bonds is 4. The van der Waals surface area contributed by atoms with E-state index in [1.165, 1.54) is 5.56 Å². The molecule has 3 rings (SSSR count). The van der Waals surface area contributed by atoms with Crippen molar-refractivity contribution >= 4 is 17.3 Å². The second-order valence-electron chi connectivity index (χ2n) is 5.29. The lowest BCUT2D eigenvalue weighted by molar-refractivity contribution is 0.0980. The predicted octanol–water partition coefficient (Wildman–Crippen LogP) is 3.27. The molecule has 0 spiro atoms. The van der Waals surface area contributed by atoms with Gasteiger partial charge in [-0.15, -0.1) is 6.58 Å². The van der Waals surface area contributed by atoms with Gasteiger partial charge in [-0.3, -0.25) is 9.78 Å². The summed E-state index contributed by atoms with van der Waals surface area (Å²) >= 11 is 0. The quantitative estimate of drug-likeness (QED) is 0.880. The smallest absolute Gasteiger partial charge is 0.276 e. The maximum Gasteiger partial charge on any atom is 0.276 e. The van der Waals surface area contributed by atoms with Gasteiger partial charge < -0.3 is 10.2 Å². The van der Waals surface area contributed by atoms with Crippen molar-refractivity contribution in [3.63, 3.8) is 0 Å². The van der Waals surface area contributed by atoms with Crippen LogP contribution in [-0.4, -0.2) is 24.0 Å². The fourth-order valence-corrected chi connectivity index (χ4v) is 2.73. The number of para-hydroxylation sites is 1. The molecule has 1 N–H and O–H groups in total. The largest absolute Gasteiger partial charge is 0.381 e. The summed E-state index contributed by atoms with van der Waals surface area (Å²) in [5, 5.41) is 3.18. The molecule has 4 heteroatoms. The normalized spacial score (nSPS) is 13.4. The van der Waals surface area contributed by atoms with Crippen LogP contribution in [0.4, 0.5) is 11.4 Å². The van der Waals surface area contributed by atoms with Gasteiger partial charge in [0.2, 0.25) is 0 Å². The van der Waals surface area contributed by atoms with E-state index in [0.29, 0.717) is 12.2 Å². The minimum atomic E-state index is -0.0468. The first-order valence-electron chi connectivity index (χ1n) is 7.50. The summed E-state index contributed by atoms with van der Waals surface area (Å²) in [6.07, 6.45) is 5.45. The Labute approximate surface area is 130 Å². The zero-order chi connectivity index (χ0) is 15.4. The SMILES string of the molecule is C=CCNc1ccnc(C(=O)N2CCCc3ccccc32)c1. The molecule has 0 unspecified atom stereocenters. The molecule has 0 radical (unpaired) electrons. The second-order valence-corrected chi connectivity index (χ2v) is 5.29. The van der Waals surface area contributed by atoms with E-state index in [-0.39, 0.29) is 5.91 Å². The fraction of sp³-hybridized carbons (Fsp3) is 0.222. The highest BCUT2D eigenvalue weighted by Gasteiger charge is 2.24. The molecule has 0 aliphatic carbocycles. The molecular weight excluding hydrogens is 274 g/mol. The molecule has 0 bridgehead atoms. The third kappa shape index (κ3) is 2.86. The standard InChI is InChI=1S/C18H19N3O/c1-2-10-19-15-9-11-20-16(13-15)18(22)21-12-5-7-14-6-3-4-8-17(14)21/h2-4,6,8-9,11,13H,1,5,7,10,12H2,(H,19,20). The first-order chi connectivity index (χ1) is 10.8. The molecule has 2 aromatic rings. The van der Waals surface area contributed by atoms with Crippen molar-refractivity contribution in [2.24, 2.45) is 0 Å². The third-order valence-electron chi connectivity index (χ3n) is 3.78. The van der Waals surface area contributed by atoms with Gasteiger partial charge >= 0.3 is 0 Å². The lowest BCUT2D eigenvalue weighted by Gasteiger charge is -2.29. The number of nitrogens with zero attached hydrogens (tertiary/aromatic N) is 2. The van der Waals surface area contributed by atoms with Crippen LogP contribution < -0.4 is 10.2 Å². The summed E-state index contributed by atoms with van der Waals surface area (Å²) in [6.45, 7) is 5.07. The van der Waals surface area contributed by atoms with Crippen molar-refractivity contribution in [3.8, 4) is 0 Å².